The molecular formula is C16H19N5O2S2. The van der Waals surface area contributed by atoms with Crippen LogP contribution in [0.5, 0.6) is 0 Å². The summed E-state index contributed by atoms with van der Waals surface area (Å²) in [6.07, 6.45) is 3.69. The van der Waals surface area contributed by atoms with Crippen LogP contribution in [0.15, 0.2) is 28.9 Å². The number of carbonyl (C=O) groups excluding carboxylic acids is 2. The molecule has 9 heteroatoms. The minimum absolute atomic E-state index is 0.0238. The third kappa shape index (κ3) is 4.99. The first-order valence-corrected chi connectivity index (χ1v) is 9.79. The average Bonchev–Trinajstić information content (AvgIpc) is 3.18. The van der Waals surface area contributed by atoms with E-state index in [0.29, 0.717) is 19.6 Å². The first-order valence-electron chi connectivity index (χ1n) is 7.99. The van der Waals surface area contributed by atoms with Crippen molar-refractivity contribution in [1.29, 1.82) is 0 Å². The molecule has 25 heavy (non-hydrogen) atoms. The van der Waals surface area contributed by atoms with Gasteiger partial charge in [0.2, 0.25) is 11.8 Å². The molecule has 2 amide bonds. The maximum atomic E-state index is 12.3. The van der Waals surface area contributed by atoms with E-state index >= 15 is 0 Å². The summed E-state index contributed by atoms with van der Waals surface area (Å²) in [5.74, 6) is 0.431. The molecule has 1 saturated heterocycles. The Morgan fingerprint density at radius 3 is 2.92 bits per heavy atom. The molecule has 3 rings (SSSR count). The molecule has 0 unspecified atom stereocenters. The van der Waals surface area contributed by atoms with Crippen molar-refractivity contribution >= 4 is 34.9 Å². The number of pyridine rings is 1. The summed E-state index contributed by atoms with van der Waals surface area (Å²) in [6, 6.07) is 3.76. The molecular weight excluding hydrogens is 358 g/mol. The Hall–Kier alpha value is -2.00. The van der Waals surface area contributed by atoms with Gasteiger partial charge in [-0.25, -0.2) is 0 Å². The van der Waals surface area contributed by atoms with Crippen LogP contribution in [0.1, 0.15) is 17.0 Å². The van der Waals surface area contributed by atoms with E-state index in [1.165, 1.54) is 0 Å². The zero-order chi connectivity index (χ0) is 17.6. The second-order valence-corrected chi connectivity index (χ2v) is 8.28. The van der Waals surface area contributed by atoms with Gasteiger partial charge in [-0.05, 0) is 24.6 Å². The smallest absolute Gasteiger partial charge is 0.225 e. The van der Waals surface area contributed by atoms with Crippen molar-refractivity contribution in [2.45, 2.75) is 24.2 Å². The number of aromatic nitrogens is 3. The molecule has 1 atom stereocenters. The Kier molecular flexibility index (Phi) is 5.98. The molecule has 7 nitrogen and oxygen atoms in total. The lowest BCUT2D eigenvalue weighted by Gasteiger charge is -2.16. The van der Waals surface area contributed by atoms with E-state index in [4.69, 9.17) is 0 Å². The number of amides is 2. The highest BCUT2D eigenvalue weighted by Gasteiger charge is 2.33. The highest BCUT2D eigenvalue weighted by atomic mass is 32.2. The lowest BCUT2D eigenvalue weighted by molar-refractivity contribution is -0.129. The molecule has 2 aromatic heterocycles. The van der Waals surface area contributed by atoms with Gasteiger partial charge >= 0.3 is 0 Å². The molecule has 0 saturated carbocycles. The molecule has 3 heterocycles. The van der Waals surface area contributed by atoms with Gasteiger partial charge in [0.15, 0.2) is 4.34 Å². The topological polar surface area (TPSA) is 88.1 Å². The van der Waals surface area contributed by atoms with Crippen LogP contribution in [0.3, 0.4) is 0 Å². The van der Waals surface area contributed by atoms with E-state index in [-0.39, 0.29) is 24.2 Å². The fraction of sp³-hybridized carbons (Fsp3) is 0.438. The summed E-state index contributed by atoms with van der Waals surface area (Å²) in [6.45, 7) is 3.46. The molecule has 132 valence electrons. The third-order valence-corrected chi connectivity index (χ3v) is 5.82. The van der Waals surface area contributed by atoms with Crippen molar-refractivity contribution in [3.63, 3.8) is 0 Å². The highest BCUT2D eigenvalue weighted by Crippen LogP contribution is 2.22. The number of carbonyl (C=O) groups is 2. The van der Waals surface area contributed by atoms with E-state index in [9.17, 15) is 9.59 Å². The predicted molar refractivity (Wildman–Crippen MR) is 96.1 cm³/mol. The Labute approximate surface area is 154 Å². The van der Waals surface area contributed by atoms with E-state index in [0.717, 1.165) is 20.7 Å². The fourth-order valence-corrected chi connectivity index (χ4v) is 4.34. The van der Waals surface area contributed by atoms with E-state index in [2.05, 4.69) is 20.5 Å². The first kappa shape index (κ1) is 17.8. The molecule has 0 aromatic carbocycles. The zero-order valence-electron chi connectivity index (χ0n) is 13.8. The van der Waals surface area contributed by atoms with Crippen LogP contribution in [0, 0.1) is 12.8 Å². The lowest BCUT2D eigenvalue weighted by Crippen LogP contribution is -2.34. The summed E-state index contributed by atoms with van der Waals surface area (Å²) in [4.78, 5) is 30.1. The minimum atomic E-state index is -0.275. The molecule has 0 bridgehead atoms. The van der Waals surface area contributed by atoms with Crippen LogP contribution in [-0.2, 0) is 16.1 Å². The van der Waals surface area contributed by atoms with E-state index < -0.39 is 0 Å². The van der Waals surface area contributed by atoms with Gasteiger partial charge in [-0.3, -0.25) is 14.6 Å². The number of nitrogens with zero attached hydrogens (tertiary/aromatic N) is 4. The first-order chi connectivity index (χ1) is 12.1. The van der Waals surface area contributed by atoms with Gasteiger partial charge in [0, 0.05) is 44.2 Å². The molecule has 0 radical (unpaired) electrons. The summed E-state index contributed by atoms with van der Waals surface area (Å²) >= 11 is 3.12. The summed E-state index contributed by atoms with van der Waals surface area (Å²) < 4.78 is 0.909. The fourth-order valence-electron chi connectivity index (χ4n) is 2.60. The van der Waals surface area contributed by atoms with E-state index in [1.807, 2.05) is 19.1 Å². The second-order valence-electron chi connectivity index (χ2n) is 5.76. The van der Waals surface area contributed by atoms with Crippen molar-refractivity contribution in [2.24, 2.45) is 5.92 Å². The molecule has 0 aliphatic carbocycles. The summed E-state index contributed by atoms with van der Waals surface area (Å²) in [7, 11) is 0. The normalized spacial score (nSPS) is 17.1. The Balaban J connectivity index is 1.41. The van der Waals surface area contributed by atoms with Crippen molar-refractivity contribution in [1.82, 2.24) is 25.4 Å². The average molecular weight is 377 g/mol. The number of hydrogen-bond donors (Lipinski definition) is 1. The summed E-state index contributed by atoms with van der Waals surface area (Å²) in [5.41, 5.74) is 1.02. The highest BCUT2D eigenvalue weighted by molar-refractivity contribution is 8.01. The maximum absolute atomic E-state index is 12.3. The van der Waals surface area contributed by atoms with Crippen LogP contribution in [0.25, 0.3) is 0 Å². The van der Waals surface area contributed by atoms with Gasteiger partial charge < -0.3 is 10.2 Å². The molecule has 2 aromatic rings. The van der Waals surface area contributed by atoms with Gasteiger partial charge in [0.25, 0.3) is 0 Å². The quantitative estimate of drug-likeness (QED) is 0.581. The zero-order valence-corrected chi connectivity index (χ0v) is 15.5. The van der Waals surface area contributed by atoms with Crippen molar-refractivity contribution < 1.29 is 9.59 Å². The van der Waals surface area contributed by atoms with Crippen LogP contribution < -0.4 is 5.32 Å². The van der Waals surface area contributed by atoms with Crippen LogP contribution >= 0.6 is 23.1 Å². The van der Waals surface area contributed by atoms with Crippen molar-refractivity contribution in [3.8, 4) is 0 Å². The van der Waals surface area contributed by atoms with Gasteiger partial charge in [-0.1, -0.05) is 23.1 Å². The van der Waals surface area contributed by atoms with Crippen LogP contribution in [0.2, 0.25) is 0 Å². The number of hydrogen-bond acceptors (Lipinski definition) is 7. The Morgan fingerprint density at radius 2 is 2.20 bits per heavy atom. The molecule has 1 fully saturated rings. The SMILES string of the molecule is Cc1nnc(SCCNC(=O)[C@@H]2CC(=O)N(Cc3ccncc3)C2)s1. The molecule has 0 spiro atoms. The number of aryl methyl sites for hydroxylation is 1. The molecule has 1 aliphatic heterocycles. The predicted octanol–water partition coefficient (Wildman–Crippen LogP) is 1.50. The Morgan fingerprint density at radius 1 is 1.40 bits per heavy atom. The lowest BCUT2D eigenvalue weighted by atomic mass is 10.1. The second kappa shape index (κ2) is 8.39. The van der Waals surface area contributed by atoms with Gasteiger partial charge in [-0.15, -0.1) is 10.2 Å². The number of likely N-dealkylation sites (tertiary alicyclic amines) is 1. The Bertz CT molecular complexity index is 737. The van der Waals surface area contributed by atoms with Crippen LogP contribution in [0.4, 0.5) is 0 Å². The van der Waals surface area contributed by atoms with Gasteiger partial charge in [0.05, 0.1) is 5.92 Å². The third-order valence-electron chi connectivity index (χ3n) is 3.84. The van der Waals surface area contributed by atoms with E-state index in [1.54, 1.807) is 40.4 Å². The number of nitrogens with one attached hydrogen (secondary N) is 1. The standard InChI is InChI=1S/C16H19N5O2S2/c1-11-19-20-16(25-11)24-7-6-18-15(23)13-8-14(22)21(10-13)9-12-2-4-17-5-3-12/h2-5,13H,6-10H2,1H3,(H,18,23)/t13-/m1/s1. The number of thioether (sulfide) groups is 1. The largest absolute Gasteiger partial charge is 0.355 e. The molecule has 1 N–H and O–H groups in total. The van der Waals surface area contributed by atoms with Crippen molar-refractivity contribution in [2.75, 3.05) is 18.8 Å². The van der Waals surface area contributed by atoms with Gasteiger partial charge in [0.1, 0.15) is 5.01 Å². The van der Waals surface area contributed by atoms with Gasteiger partial charge in [-0.2, -0.15) is 0 Å². The number of rotatable bonds is 7. The summed E-state index contributed by atoms with van der Waals surface area (Å²) in [5, 5.41) is 11.8. The minimum Gasteiger partial charge on any atom is -0.355 e. The monoisotopic (exact) mass is 377 g/mol. The maximum Gasteiger partial charge on any atom is 0.225 e. The van der Waals surface area contributed by atoms with Crippen LogP contribution in [-0.4, -0.2) is 50.7 Å². The molecule has 1 aliphatic rings. The van der Waals surface area contributed by atoms with Crippen molar-refractivity contribution in [3.05, 3.63) is 35.1 Å².